The van der Waals surface area contributed by atoms with Crippen molar-refractivity contribution in [3.63, 3.8) is 0 Å². The maximum Gasteiger partial charge on any atom is 0.194 e. The molecule has 2 heterocycles. The first-order valence-electron chi connectivity index (χ1n) is 8.08. The van der Waals surface area contributed by atoms with Crippen LogP contribution in [0.15, 0.2) is 29.3 Å². The second-order valence-corrected chi connectivity index (χ2v) is 5.92. The van der Waals surface area contributed by atoms with Crippen LogP contribution in [-0.4, -0.2) is 50.3 Å². The fourth-order valence-electron chi connectivity index (χ4n) is 2.79. The summed E-state index contributed by atoms with van der Waals surface area (Å²) in [5.74, 6) is 0.990. The first kappa shape index (κ1) is 15.3. The third-order valence-corrected chi connectivity index (χ3v) is 4.15. The molecule has 0 bridgehead atoms. The van der Waals surface area contributed by atoms with Crippen molar-refractivity contribution in [3.8, 4) is 0 Å². The molecule has 1 saturated heterocycles. The standard InChI is InChI=1S/C17H25N3O2/c1-20-8-7-18-17(20)19-12-14-3-2-4-15(11-14)13-22-16-5-9-21-10-6-16/h2-4,11,16H,5-10,12-13H2,1H3,(H,18,19). The largest absolute Gasteiger partial charge is 0.381 e. The highest BCUT2D eigenvalue weighted by Gasteiger charge is 2.14. The lowest BCUT2D eigenvalue weighted by Gasteiger charge is -2.22. The zero-order chi connectivity index (χ0) is 15.2. The number of nitrogens with zero attached hydrogens (tertiary/aromatic N) is 2. The monoisotopic (exact) mass is 303 g/mol. The topological polar surface area (TPSA) is 46.1 Å². The van der Waals surface area contributed by atoms with Crippen LogP contribution in [0.5, 0.6) is 0 Å². The molecule has 0 aliphatic carbocycles. The smallest absolute Gasteiger partial charge is 0.194 e. The molecule has 1 aromatic rings. The second-order valence-electron chi connectivity index (χ2n) is 5.92. The summed E-state index contributed by atoms with van der Waals surface area (Å²) in [6.45, 7) is 5.02. The quantitative estimate of drug-likeness (QED) is 0.900. The zero-order valence-corrected chi connectivity index (χ0v) is 13.3. The number of ether oxygens (including phenoxy) is 2. The molecular weight excluding hydrogens is 278 g/mol. The van der Waals surface area contributed by atoms with Crippen molar-refractivity contribution in [1.29, 1.82) is 0 Å². The SMILES string of the molecule is CN1CCN=C1NCc1cccc(COC2CCOCC2)c1. The number of hydrogen-bond donors (Lipinski definition) is 1. The minimum atomic E-state index is 0.344. The number of rotatable bonds is 5. The van der Waals surface area contributed by atoms with E-state index in [2.05, 4.69) is 46.5 Å². The van der Waals surface area contributed by atoms with E-state index in [-0.39, 0.29) is 0 Å². The van der Waals surface area contributed by atoms with E-state index >= 15 is 0 Å². The summed E-state index contributed by atoms with van der Waals surface area (Å²) in [6, 6.07) is 8.57. The molecule has 3 rings (SSSR count). The Morgan fingerprint density at radius 3 is 2.91 bits per heavy atom. The van der Waals surface area contributed by atoms with Crippen LogP contribution >= 0.6 is 0 Å². The van der Waals surface area contributed by atoms with Crippen LogP contribution in [0, 0.1) is 0 Å². The number of hydrogen-bond acceptors (Lipinski definition) is 5. The molecule has 1 N–H and O–H groups in total. The minimum absolute atomic E-state index is 0.344. The molecule has 5 heteroatoms. The Hall–Kier alpha value is -1.59. The van der Waals surface area contributed by atoms with Gasteiger partial charge in [-0.1, -0.05) is 24.3 Å². The maximum atomic E-state index is 5.99. The molecular formula is C17H25N3O2. The first-order chi connectivity index (χ1) is 10.8. The van der Waals surface area contributed by atoms with Gasteiger partial charge in [0.25, 0.3) is 0 Å². The van der Waals surface area contributed by atoms with Gasteiger partial charge in [0.1, 0.15) is 0 Å². The van der Waals surface area contributed by atoms with E-state index < -0.39 is 0 Å². The Labute approximate surface area is 132 Å². The van der Waals surface area contributed by atoms with E-state index in [0.717, 1.165) is 51.6 Å². The molecule has 120 valence electrons. The third kappa shape index (κ3) is 4.21. The molecule has 0 amide bonds. The number of guanidine groups is 1. The normalized spacial score (nSPS) is 19.3. The Kier molecular flexibility index (Phi) is 5.29. The minimum Gasteiger partial charge on any atom is -0.381 e. The molecule has 22 heavy (non-hydrogen) atoms. The summed E-state index contributed by atoms with van der Waals surface area (Å²) in [5.41, 5.74) is 2.49. The van der Waals surface area contributed by atoms with Gasteiger partial charge in [0.05, 0.1) is 19.3 Å². The summed E-state index contributed by atoms with van der Waals surface area (Å²) in [4.78, 5) is 6.60. The molecule has 2 aliphatic rings. The number of likely N-dealkylation sites (N-methyl/N-ethyl adjacent to an activating group) is 1. The van der Waals surface area contributed by atoms with Gasteiger partial charge in [0.15, 0.2) is 5.96 Å². The molecule has 0 unspecified atom stereocenters. The molecule has 0 spiro atoms. The van der Waals surface area contributed by atoms with Crippen LogP contribution in [0.2, 0.25) is 0 Å². The molecule has 0 saturated carbocycles. The summed E-state index contributed by atoms with van der Waals surface area (Å²) >= 11 is 0. The van der Waals surface area contributed by atoms with Gasteiger partial charge < -0.3 is 19.7 Å². The predicted molar refractivity (Wildman–Crippen MR) is 86.8 cm³/mol. The first-order valence-corrected chi connectivity index (χ1v) is 8.08. The van der Waals surface area contributed by atoms with Gasteiger partial charge in [0, 0.05) is 33.4 Å². The Morgan fingerprint density at radius 1 is 1.32 bits per heavy atom. The molecule has 5 nitrogen and oxygen atoms in total. The Bertz CT molecular complexity index is 512. The average molecular weight is 303 g/mol. The van der Waals surface area contributed by atoms with Gasteiger partial charge in [-0.2, -0.15) is 0 Å². The molecule has 0 aromatic heterocycles. The van der Waals surface area contributed by atoms with E-state index in [1.54, 1.807) is 0 Å². The van der Waals surface area contributed by atoms with Crippen molar-refractivity contribution in [2.45, 2.75) is 32.1 Å². The van der Waals surface area contributed by atoms with Crippen molar-refractivity contribution in [2.24, 2.45) is 4.99 Å². The van der Waals surface area contributed by atoms with E-state index in [1.165, 1.54) is 11.1 Å². The van der Waals surface area contributed by atoms with Crippen LogP contribution in [0.4, 0.5) is 0 Å². The second kappa shape index (κ2) is 7.61. The van der Waals surface area contributed by atoms with E-state index in [9.17, 15) is 0 Å². The van der Waals surface area contributed by atoms with Gasteiger partial charge >= 0.3 is 0 Å². The lowest BCUT2D eigenvalue weighted by molar-refractivity contribution is -0.0390. The zero-order valence-electron chi connectivity index (χ0n) is 13.3. The fraction of sp³-hybridized carbons (Fsp3) is 0.588. The maximum absolute atomic E-state index is 5.99. The van der Waals surface area contributed by atoms with E-state index in [4.69, 9.17) is 9.47 Å². The van der Waals surface area contributed by atoms with Gasteiger partial charge in [0.2, 0.25) is 0 Å². The predicted octanol–water partition coefficient (Wildman–Crippen LogP) is 1.77. The van der Waals surface area contributed by atoms with Gasteiger partial charge in [-0.25, -0.2) is 0 Å². The van der Waals surface area contributed by atoms with E-state index in [0.29, 0.717) is 12.7 Å². The number of aliphatic imine (C=N–C) groups is 1. The molecule has 0 radical (unpaired) electrons. The summed E-state index contributed by atoms with van der Waals surface area (Å²) in [5, 5.41) is 3.40. The average Bonchev–Trinajstić information content (AvgIpc) is 2.98. The van der Waals surface area contributed by atoms with E-state index in [1.807, 2.05) is 0 Å². The van der Waals surface area contributed by atoms with Crippen LogP contribution in [-0.2, 0) is 22.6 Å². The fourth-order valence-corrected chi connectivity index (χ4v) is 2.79. The summed E-state index contributed by atoms with van der Waals surface area (Å²) < 4.78 is 11.3. The molecule has 0 atom stereocenters. The van der Waals surface area contributed by atoms with Crippen molar-refractivity contribution in [3.05, 3.63) is 35.4 Å². The highest BCUT2D eigenvalue weighted by atomic mass is 16.5. The van der Waals surface area contributed by atoms with Crippen molar-refractivity contribution >= 4 is 5.96 Å². The van der Waals surface area contributed by atoms with Crippen molar-refractivity contribution < 1.29 is 9.47 Å². The van der Waals surface area contributed by atoms with Crippen LogP contribution in [0.25, 0.3) is 0 Å². The lowest BCUT2D eigenvalue weighted by Crippen LogP contribution is -2.35. The van der Waals surface area contributed by atoms with Gasteiger partial charge in [-0.05, 0) is 24.0 Å². The van der Waals surface area contributed by atoms with Gasteiger partial charge in [-0.15, -0.1) is 0 Å². The molecule has 1 aromatic carbocycles. The van der Waals surface area contributed by atoms with Gasteiger partial charge in [-0.3, -0.25) is 4.99 Å². The summed E-state index contributed by atoms with van der Waals surface area (Å²) in [6.07, 6.45) is 2.36. The Balaban J connectivity index is 1.49. The number of nitrogens with one attached hydrogen (secondary N) is 1. The Morgan fingerprint density at radius 2 is 2.14 bits per heavy atom. The molecule has 1 fully saturated rings. The highest BCUT2D eigenvalue weighted by Crippen LogP contribution is 2.14. The lowest BCUT2D eigenvalue weighted by atomic mass is 10.1. The van der Waals surface area contributed by atoms with Crippen molar-refractivity contribution in [1.82, 2.24) is 10.2 Å². The summed E-state index contributed by atoms with van der Waals surface area (Å²) in [7, 11) is 2.07. The van der Waals surface area contributed by atoms with Crippen LogP contribution in [0.1, 0.15) is 24.0 Å². The number of benzene rings is 1. The highest BCUT2D eigenvalue weighted by molar-refractivity contribution is 5.81. The van der Waals surface area contributed by atoms with Crippen molar-refractivity contribution in [2.75, 3.05) is 33.4 Å². The molecule has 2 aliphatic heterocycles. The van der Waals surface area contributed by atoms with Crippen LogP contribution in [0.3, 0.4) is 0 Å². The van der Waals surface area contributed by atoms with Crippen LogP contribution < -0.4 is 5.32 Å². The third-order valence-electron chi connectivity index (χ3n) is 4.15.